The minimum absolute atomic E-state index is 0.0469. The van der Waals surface area contributed by atoms with E-state index in [0.717, 1.165) is 51.4 Å². The molecule has 0 atom stereocenters. The number of carbonyl (C=O) groups is 1. The monoisotopic (exact) mass is 476 g/mol. The number of aromatic nitrogens is 2. The second-order valence-corrected chi connectivity index (χ2v) is 9.77. The zero-order valence-corrected chi connectivity index (χ0v) is 20.1. The molecule has 1 aliphatic rings. The first-order chi connectivity index (χ1) is 16.6. The van der Waals surface area contributed by atoms with Gasteiger partial charge in [-0.3, -0.25) is 4.79 Å². The van der Waals surface area contributed by atoms with Gasteiger partial charge in [0.05, 0.1) is 18.9 Å². The Kier molecular flexibility index (Phi) is 6.54. The van der Waals surface area contributed by atoms with Crippen molar-refractivity contribution in [2.45, 2.75) is 45.6 Å². The fraction of sp³-hybridized carbons (Fsp3) is 0.333. The van der Waals surface area contributed by atoms with Gasteiger partial charge < -0.3 is 19.1 Å². The molecular formula is C27H28N2O4S. The molecule has 0 spiro atoms. The van der Waals surface area contributed by atoms with E-state index in [-0.39, 0.29) is 6.54 Å². The van der Waals surface area contributed by atoms with Gasteiger partial charge >= 0.3 is 5.97 Å². The highest BCUT2D eigenvalue weighted by atomic mass is 32.1. The summed E-state index contributed by atoms with van der Waals surface area (Å²) in [5, 5.41) is 11.2. The molecule has 0 saturated carbocycles. The molecule has 0 unspecified atom stereocenters. The zero-order chi connectivity index (χ0) is 23.5. The SMILES string of the molecule is Cc1cn(CC(=O)O)c2ccc(OCCCOc3ccc(-c4nc5c(s4)CCCC5)cc3)cc12. The molecule has 7 heteroatoms. The third-order valence-corrected chi connectivity index (χ3v) is 7.34. The maximum Gasteiger partial charge on any atom is 0.323 e. The van der Waals surface area contributed by atoms with Crippen molar-refractivity contribution in [1.29, 1.82) is 0 Å². The van der Waals surface area contributed by atoms with Crippen molar-refractivity contribution in [2.75, 3.05) is 13.2 Å². The van der Waals surface area contributed by atoms with Crippen LogP contribution in [0, 0.1) is 6.92 Å². The lowest BCUT2D eigenvalue weighted by Gasteiger charge is -2.09. The molecule has 1 N–H and O–H groups in total. The fourth-order valence-electron chi connectivity index (χ4n) is 4.43. The number of ether oxygens (including phenoxy) is 2. The molecular weight excluding hydrogens is 448 g/mol. The first kappa shape index (κ1) is 22.5. The predicted molar refractivity (Wildman–Crippen MR) is 134 cm³/mol. The van der Waals surface area contributed by atoms with E-state index in [9.17, 15) is 4.79 Å². The lowest BCUT2D eigenvalue weighted by atomic mass is 10.0. The first-order valence-corrected chi connectivity index (χ1v) is 12.5. The average molecular weight is 477 g/mol. The summed E-state index contributed by atoms with van der Waals surface area (Å²) in [7, 11) is 0. The summed E-state index contributed by atoms with van der Waals surface area (Å²) in [6.07, 6.45) is 7.44. The number of rotatable bonds is 9. The number of aryl methyl sites for hydroxylation is 3. The van der Waals surface area contributed by atoms with E-state index >= 15 is 0 Å². The van der Waals surface area contributed by atoms with Crippen LogP contribution >= 0.6 is 11.3 Å². The summed E-state index contributed by atoms with van der Waals surface area (Å²) in [6, 6.07) is 14.0. The van der Waals surface area contributed by atoms with Gasteiger partial charge in [0.1, 0.15) is 23.1 Å². The normalized spacial score (nSPS) is 13.1. The van der Waals surface area contributed by atoms with Crippen molar-refractivity contribution in [1.82, 2.24) is 9.55 Å². The number of hydrogen-bond acceptors (Lipinski definition) is 5. The van der Waals surface area contributed by atoms with Crippen LogP contribution in [0.3, 0.4) is 0 Å². The van der Waals surface area contributed by atoms with Crippen LogP contribution in [0.15, 0.2) is 48.7 Å². The van der Waals surface area contributed by atoms with E-state index in [4.69, 9.17) is 19.6 Å². The third kappa shape index (κ3) is 4.94. The largest absolute Gasteiger partial charge is 0.493 e. The van der Waals surface area contributed by atoms with E-state index in [1.807, 2.05) is 54.8 Å². The predicted octanol–water partition coefficient (Wildman–Crippen LogP) is 5.88. The molecule has 0 bridgehead atoms. The van der Waals surface area contributed by atoms with Crippen molar-refractivity contribution >= 4 is 28.2 Å². The van der Waals surface area contributed by atoms with E-state index in [1.54, 1.807) is 4.57 Å². The number of carboxylic acids is 1. The van der Waals surface area contributed by atoms with E-state index in [1.165, 1.54) is 29.8 Å². The van der Waals surface area contributed by atoms with E-state index < -0.39 is 5.97 Å². The standard InChI is InChI=1S/C27H28N2O4S/c1-18-16-29(17-26(30)31)24-12-11-21(15-22(18)24)33-14-4-13-32-20-9-7-19(8-10-20)27-28-23-5-2-3-6-25(23)34-27/h7-12,15-16H,2-6,13-14,17H2,1H3,(H,30,31). The Labute approximate surface area is 202 Å². The highest BCUT2D eigenvalue weighted by molar-refractivity contribution is 7.15. The van der Waals surface area contributed by atoms with Gasteiger partial charge in [-0.25, -0.2) is 4.98 Å². The van der Waals surface area contributed by atoms with E-state index in [2.05, 4.69) is 12.1 Å². The number of thiazole rings is 1. The van der Waals surface area contributed by atoms with Gasteiger partial charge in [0.2, 0.25) is 0 Å². The number of aliphatic carboxylic acids is 1. The smallest absolute Gasteiger partial charge is 0.323 e. The minimum Gasteiger partial charge on any atom is -0.493 e. The Morgan fingerprint density at radius 1 is 1.06 bits per heavy atom. The van der Waals surface area contributed by atoms with Crippen LogP contribution in [-0.4, -0.2) is 33.8 Å². The Hall–Kier alpha value is -3.32. The van der Waals surface area contributed by atoms with Gasteiger partial charge in [-0.15, -0.1) is 11.3 Å². The van der Waals surface area contributed by atoms with E-state index in [0.29, 0.717) is 13.2 Å². The molecule has 0 amide bonds. The van der Waals surface area contributed by atoms with Gasteiger partial charge in [-0.2, -0.15) is 0 Å². The average Bonchev–Trinajstić information content (AvgIpc) is 3.40. The van der Waals surface area contributed by atoms with Gasteiger partial charge in [-0.1, -0.05) is 0 Å². The molecule has 34 heavy (non-hydrogen) atoms. The molecule has 2 heterocycles. The van der Waals surface area contributed by atoms with Crippen molar-refractivity contribution in [3.63, 3.8) is 0 Å². The summed E-state index contributed by atoms with van der Waals surface area (Å²) in [5.41, 5.74) is 4.38. The van der Waals surface area contributed by atoms with Crippen molar-refractivity contribution in [3.8, 4) is 22.1 Å². The number of fused-ring (bicyclic) bond motifs is 2. The maximum atomic E-state index is 11.1. The molecule has 5 rings (SSSR count). The number of benzene rings is 2. The van der Waals surface area contributed by atoms with Crippen LogP contribution in [0.2, 0.25) is 0 Å². The summed E-state index contributed by atoms with van der Waals surface area (Å²) < 4.78 is 13.5. The molecule has 0 aliphatic heterocycles. The summed E-state index contributed by atoms with van der Waals surface area (Å²) >= 11 is 1.83. The number of hydrogen-bond donors (Lipinski definition) is 1. The highest BCUT2D eigenvalue weighted by Crippen LogP contribution is 2.33. The van der Waals surface area contributed by atoms with Gasteiger partial charge in [0.15, 0.2) is 0 Å². The second kappa shape index (κ2) is 9.89. The van der Waals surface area contributed by atoms with Crippen LogP contribution in [-0.2, 0) is 24.2 Å². The maximum absolute atomic E-state index is 11.1. The van der Waals surface area contributed by atoms with Gasteiger partial charge in [-0.05, 0) is 80.6 Å². The Morgan fingerprint density at radius 3 is 2.56 bits per heavy atom. The second-order valence-electron chi connectivity index (χ2n) is 8.68. The topological polar surface area (TPSA) is 73.6 Å². The summed E-state index contributed by atoms with van der Waals surface area (Å²) in [6.45, 7) is 3.05. The molecule has 176 valence electrons. The quantitative estimate of drug-likeness (QED) is 0.305. The van der Waals surface area contributed by atoms with Crippen LogP contribution in [0.1, 0.15) is 35.4 Å². The highest BCUT2D eigenvalue weighted by Gasteiger charge is 2.16. The van der Waals surface area contributed by atoms with Crippen LogP contribution in [0.25, 0.3) is 21.5 Å². The van der Waals surface area contributed by atoms with Gasteiger partial charge in [0.25, 0.3) is 0 Å². The molecule has 2 aromatic heterocycles. The summed E-state index contributed by atoms with van der Waals surface area (Å²) in [4.78, 5) is 17.3. The van der Waals surface area contributed by atoms with Crippen molar-refractivity contribution in [2.24, 2.45) is 0 Å². The zero-order valence-electron chi connectivity index (χ0n) is 19.3. The van der Waals surface area contributed by atoms with Crippen molar-refractivity contribution in [3.05, 3.63) is 64.8 Å². The van der Waals surface area contributed by atoms with Gasteiger partial charge in [0, 0.05) is 34.0 Å². The lowest BCUT2D eigenvalue weighted by molar-refractivity contribution is -0.137. The van der Waals surface area contributed by atoms with Crippen LogP contribution in [0.5, 0.6) is 11.5 Å². The molecule has 0 radical (unpaired) electrons. The molecule has 6 nitrogen and oxygen atoms in total. The van der Waals surface area contributed by atoms with Crippen molar-refractivity contribution < 1.29 is 19.4 Å². The molecule has 0 saturated heterocycles. The number of carboxylic acid groups (broad SMARTS) is 1. The van der Waals surface area contributed by atoms with Crippen LogP contribution < -0.4 is 9.47 Å². The number of nitrogens with zero attached hydrogens (tertiary/aromatic N) is 2. The minimum atomic E-state index is -0.853. The summed E-state index contributed by atoms with van der Waals surface area (Å²) in [5.74, 6) is 0.773. The molecule has 2 aromatic carbocycles. The Bertz CT molecular complexity index is 1280. The first-order valence-electron chi connectivity index (χ1n) is 11.7. The molecule has 0 fully saturated rings. The Balaban J connectivity index is 1.11. The van der Waals surface area contributed by atoms with Crippen LogP contribution in [0.4, 0.5) is 0 Å². The third-order valence-electron chi connectivity index (χ3n) is 6.13. The Morgan fingerprint density at radius 2 is 1.79 bits per heavy atom. The molecule has 4 aromatic rings. The lowest BCUT2D eigenvalue weighted by Crippen LogP contribution is -2.07. The molecule has 1 aliphatic carbocycles. The fourth-order valence-corrected chi connectivity index (χ4v) is 5.58.